The Morgan fingerprint density at radius 2 is 1.75 bits per heavy atom. The average molecular weight is 430 g/mol. The molecule has 0 spiro atoms. The van der Waals surface area contributed by atoms with Gasteiger partial charge in [-0.05, 0) is 41.5 Å². The van der Waals surface area contributed by atoms with E-state index in [-0.39, 0.29) is 29.9 Å². The number of phenolic OH excluding ortho intramolecular Hbond substituents is 1. The number of amides is 1. The zero-order valence-electron chi connectivity index (χ0n) is 18.2. The van der Waals surface area contributed by atoms with Gasteiger partial charge in [0.05, 0.1) is 0 Å². The fourth-order valence-corrected chi connectivity index (χ4v) is 3.78. The number of aromatic hydroxyl groups is 1. The number of aromatic nitrogens is 1. The van der Waals surface area contributed by atoms with Crippen LogP contribution in [0.5, 0.6) is 11.5 Å². The van der Waals surface area contributed by atoms with Crippen LogP contribution in [0.1, 0.15) is 17.0 Å². The van der Waals surface area contributed by atoms with Crippen molar-refractivity contribution in [3.63, 3.8) is 0 Å². The zero-order chi connectivity index (χ0) is 22.5. The first-order chi connectivity index (χ1) is 15.5. The predicted molar refractivity (Wildman–Crippen MR) is 128 cm³/mol. The number of para-hydroxylation sites is 3. The minimum atomic E-state index is -0.247. The van der Waals surface area contributed by atoms with Gasteiger partial charge in [0, 0.05) is 49.3 Å². The summed E-state index contributed by atoms with van der Waals surface area (Å²) >= 11 is 0. The van der Waals surface area contributed by atoms with Crippen molar-refractivity contribution in [2.45, 2.75) is 5.92 Å². The van der Waals surface area contributed by atoms with Crippen LogP contribution < -0.4 is 15.0 Å². The van der Waals surface area contributed by atoms with Crippen molar-refractivity contribution < 1.29 is 14.6 Å². The standard InChI is InChI=1S/C26H27N3O3/c1-29(2)19-13-11-18(12-14-19)21(22-16-27-23-8-4-3-7-20(22)23)15-28-26(31)17-32-25-10-6-5-9-24(25)30/h3-14,16,21,27,30H,15,17H2,1-2H3,(H,28,31). The second-order valence-electron chi connectivity index (χ2n) is 7.89. The lowest BCUT2D eigenvalue weighted by molar-refractivity contribution is -0.123. The van der Waals surface area contributed by atoms with Gasteiger partial charge in [-0.25, -0.2) is 0 Å². The summed E-state index contributed by atoms with van der Waals surface area (Å²) in [6.45, 7) is 0.254. The predicted octanol–water partition coefficient (Wildman–Crippen LogP) is 4.27. The number of hydrogen-bond donors (Lipinski definition) is 3. The lowest BCUT2D eigenvalue weighted by atomic mass is 9.90. The van der Waals surface area contributed by atoms with E-state index in [1.54, 1.807) is 18.2 Å². The number of anilines is 1. The van der Waals surface area contributed by atoms with E-state index in [1.165, 1.54) is 6.07 Å². The molecule has 32 heavy (non-hydrogen) atoms. The number of rotatable bonds is 8. The van der Waals surface area contributed by atoms with Crippen LogP contribution in [-0.4, -0.2) is 43.2 Å². The minimum Gasteiger partial charge on any atom is -0.504 e. The van der Waals surface area contributed by atoms with Gasteiger partial charge in [-0.3, -0.25) is 4.79 Å². The number of carbonyl (C=O) groups excluding carboxylic acids is 1. The maximum Gasteiger partial charge on any atom is 0.257 e. The van der Waals surface area contributed by atoms with Crippen LogP contribution in [0.15, 0.2) is 79.0 Å². The largest absolute Gasteiger partial charge is 0.504 e. The van der Waals surface area contributed by atoms with E-state index in [1.807, 2.05) is 38.5 Å². The highest BCUT2D eigenvalue weighted by Crippen LogP contribution is 2.31. The van der Waals surface area contributed by atoms with Gasteiger partial charge in [0.2, 0.25) is 0 Å². The SMILES string of the molecule is CN(C)c1ccc(C(CNC(=O)COc2ccccc2O)c2c[nH]c3ccccc23)cc1. The maximum absolute atomic E-state index is 12.5. The third kappa shape index (κ3) is 4.70. The summed E-state index contributed by atoms with van der Waals surface area (Å²) in [5.74, 6) is 0.0208. The summed E-state index contributed by atoms with van der Waals surface area (Å²) in [7, 11) is 4.02. The molecular formula is C26H27N3O3. The Balaban J connectivity index is 1.53. The monoisotopic (exact) mass is 429 g/mol. The Bertz CT molecular complexity index is 1200. The Labute approximate surface area is 187 Å². The van der Waals surface area contributed by atoms with Crippen molar-refractivity contribution in [1.29, 1.82) is 0 Å². The minimum absolute atomic E-state index is 0.0120. The third-order valence-electron chi connectivity index (χ3n) is 5.54. The molecule has 1 atom stereocenters. The van der Waals surface area contributed by atoms with E-state index in [2.05, 4.69) is 45.5 Å². The molecule has 4 rings (SSSR count). The highest BCUT2D eigenvalue weighted by molar-refractivity contribution is 5.84. The van der Waals surface area contributed by atoms with Crippen LogP contribution in [0.25, 0.3) is 10.9 Å². The lowest BCUT2D eigenvalue weighted by Gasteiger charge is -2.20. The Morgan fingerprint density at radius 3 is 2.50 bits per heavy atom. The van der Waals surface area contributed by atoms with Crippen LogP contribution in [0.3, 0.4) is 0 Å². The van der Waals surface area contributed by atoms with Crippen molar-refractivity contribution in [1.82, 2.24) is 10.3 Å². The molecule has 0 radical (unpaired) electrons. The Hall–Kier alpha value is -3.93. The molecule has 0 saturated carbocycles. The van der Waals surface area contributed by atoms with Gasteiger partial charge in [0.1, 0.15) is 0 Å². The molecule has 6 heteroatoms. The van der Waals surface area contributed by atoms with Gasteiger partial charge >= 0.3 is 0 Å². The van der Waals surface area contributed by atoms with Gasteiger partial charge < -0.3 is 25.0 Å². The summed E-state index contributed by atoms with van der Waals surface area (Å²) < 4.78 is 5.47. The van der Waals surface area contributed by atoms with Crippen molar-refractivity contribution in [2.24, 2.45) is 0 Å². The van der Waals surface area contributed by atoms with Crippen LogP contribution in [0, 0.1) is 0 Å². The number of nitrogens with zero attached hydrogens (tertiary/aromatic N) is 1. The van der Waals surface area contributed by atoms with Gasteiger partial charge in [-0.2, -0.15) is 0 Å². The summed E-state index contributed by atoms with van der Waals surface area (Å²) in [5, 5.41) is 13.9. The molecular weight excluding hydrogens is 402 g/mol. The first-order valence-corrected chi connectivity index (χ1v) is 10.5. The number of fused-ring (bicyclic) bond motifs is 1. The Morgan fingerprint density at radius 1 is 1.03 bits per heavy atom. The van der Waals surface area contributed by atoms with Crippen molar-refractivity contribution in [3.05, 3.63) is 90.1 Å². The summed E-state index contributed by atoms with van der Waals surface area (Å²) in [5.41, 5.74) is 4.42. The maximum atomic E-state index is 12.5. The number of carbonyl (C=O) groups is 1. The van der Waals surface area contributed by atoms with Crippen molar-refractivity contribution in [2.75, 3.05) is 32.1 Å². The summed E-state index contributed by atoms with van der Waals surface area (Å²) in [6, 6.07) is 23.1. The molecule has 0 aliphatic rings. The molecule has 1 unspecified atom stereocenters. The second kappa shape index (κ2) is 9.47. The quantitative estimate of drug-likeness (QED) is 0.391. The van der Waals surface area contributed by atoms with E-state index >= 15 is 0 Å². The first-order valence-electron chi connectivity index (χ1n) is 10.5. The molecule has 0 fully saturated rings. The van der Waals surface area contributed by atoms with Crippen molar-refractivity contribution >= 4 is 22.5 Å². The van der Waals surface area contributed by atoms with Gasteiger partial charge in [0.25, 0.3) is 5.91 Å². The number of phenols is 1. The van der Waals surface area contributed by atoms with E-state index in [0.29, 0.717) is 6.54 Å². The number of aromatic amines is 1. The molecule has 1 amide bonds. The van der Waals surface area contributed by atoms with E-state index in [4.69, 9.17) is 4.74 Å². The van der Waals surface area contributed by atoms with Gasteiger partial charge in [0.15, 0.2) is 18.1 Å². The molecule has 1 heterocycles. The van der Waals surface area contributed by atoms with E-state index < -0.39 is 0 Å². The third-order valence-corrected chi connectivity index (χ3v) is 5.54. The Kier molecular flexibility index (Phi) is 6.31. The molecule has 4 aromatic rings. The fraction of sp³-hybridized carbons (Fsp3) is 0.192. The van der Waals surface area contributed by atoms with Gasteiger partial charge in [-0.1, -0.05) is 42.5 Å². The number of ether oxygens (including phenoxy) is 1. The molecule has 0 bridgehead atoms. The number of hydrogen-bond acceptors (Lipinski definition) is 4. The van der Waals surface area contributed by atoms with Crippen LogP contribution in [0.2, 0.25) is 0 Å². The summed E-state index contributed by atoms with van der Waals surface area (Å²) in [4.78, 5) is 17.9. The highest BCUT2D eigenvalue weighted by atomic mass is 16.5. The summed E-state index contributed by atoms with van der Waals surface area (Å²) in [6.07, 6.45) is 2.01. The molecule has 3 N–H and O–H groups in total. The lowest BCUT2D eigenvalue weighted by Crippen LogP contribution is -2.32. The van der Waals surface area contributed by atoms with Crippen LogP contribution in [-0.2, 0) is 4.79 Å². The second-order valence-corrected chi connectivity index (χ2v) is 7.89. The van der Waals surface area contributed by atoms with Gasteiger partial charge in [-0.15, -0.1) is 0 Å². The van der Waals surface area contributed by atoms with Crippen LogP contribution >= 0.6 is 0 Å². The molecule has 6 nitrogen and oxygen atoms in total. The molecule has 0 aliphatic carbocycles. The average Bonchev–Trinajstić information content (AvgIpc) is 3.23. The topological polar surface area (TPSA) is 77.6 Å². The smallest absolute Gasteiger partial charge is 0.257 e. The molecule has 0 aliphatic heterocycles. The number of nitrogens with one attached hydrogen (secondary N) is 2. The van der Waals surface area contributed by atoms with Crippen LogP contribution in [0.4, 0.5) is 5.69 Å². The molecule has 164 valence electrons. The number of H-pyrrole nitrogens is 1. The fourth-order valence-electron chi connectivity index (χ4n) is 3.78. The van der Waals surface area contributed by atoms with E-state index in [9.17, 15) is 9.90 Å². The highest BCUT2D eigenvalue weighted by Gasteiger charge is 2.19. The zero-order valence-corrected chi connectivity index (χ0v) is 18.2. The number of benzene rings is 3. The normalized spacial score (nSPS) is 11.8. The van der Waals surface area contributed by atoms with E-state index in [0.717, 1.165) is 27.7 Å². The molecule has 0 saturated heterocycles. The molecule has 1 aromatic heterocycles. The van der Waals surface area contributed by atoms with Crippen molar-refractivity contribution in [3.8, 4) is 11.5 Å². The molecule has 3 aromatic carbocycles. The first kappa shape index (κ1) is 21.3.